The molecule has 4 atom stereocenters. The zero-order chi connectivity index (χ0) is 16.0. The Bertz CT molecular complexity index is 704. The van der Waals surface area contributed by atoms with Crippen molar-refractivity contribution in [3.63, 3.8) is 0 Å². The minimum Gasteiger partial charge on any atom is -0.508 e. The van der Waals surface area contributed by atoms with Crippen LogP contribution in [0.3, 0.4) is 0 Å². The molecule has 2 aromatic rings. The molecule has 4 rings (SSSR count). The quantitative estimate of drug-likeness (QED) is 0.753. The van der Waals surface area contributed by atoms with Gasteiger partial charge in [-0.3, -0.25) is 0 Å². The zero-order valence-electron chi connectivity index (χ0n) is 13.6. The largest absolute Gasteiger partial charge is 0.508 e. The summed E-state index contributed by atoms with van der Waals surface area (Å²) < 4.78 is 0. The van der Waals surface area contributed by atoms with Gasteiger partial charge in [0.15, 0.2) is 0 Å². The van der Waals surface area contributed by atoms with Crippen LogP contribution in [0.1, 0.15) is 67.1 Å². The highest BCUT2D eigenvalue weighted by molar-refractivity contribution is 5.45. The summed E-state index contributed by atoms with van der Waals surface area (Å²) >= 11 is 0. The second-order valence-electron chi connectivity index (χ2n) is 7.27. The lowest BCUT2D eigenvalue weighted by molar-refractivity contribution is 0.223. The predicted octanol–water partition coefficient (Wildman–Crippen LogP) is 5.27. The molecule has 0 spiro atoms. The number of hydrogen-bond acceptors (Lipinski definition) is 2. The molecule has 120 valence electrons. The second kappa shape index (κ2) is 5.59. The van der Waals surface area contributed by atoms with Crippen LogP contribution in [0.25, 0.3) is 0 Å². The molecule has 0 heterocycles. The summed E-state index contributed by atoms with van der Waals surface area (Å²) in [6.07, 6.45) is 5.07. The van der Waals surface area contributed by atoms with Crippen LogP contribution in [0.15, 0.2) is 42.5 Å². The van der Waals surface area contributed by atoms with E-state index >= 15 is 0 Å². The van der Waals surface area contributed by atoms with Crippen LogP contribution in [0, 0.1) is 5.92 Å². The van der Waals surface area contributed by atoms with Gasteiger partial charge >= 0.3 is 0 Å². The van der Waals surface area contributed by atoms with Gasteiger partial charge in [0.1, 0.15) is 11.5 Å². The van der Waals surface area contributed by atoms with Crippen molar-refractivity contribution in [3.05, 3.63) is 59.2 Å². The standard InChI is InChI=1S/C21H24O2/c1-13-17-11-10-16(23)12-20(17)18-4-2-3-5-19(18)21(13)14-6-8-15(22)9-7-14/h6-13,18-19,21-23H,2-5H2,1H3/t13-,18+,19-,21-/m0/s1. The Hall–Kier alpha value is -1.96. The van der Waals surface area contributed by atoms with Gasteiger partial charge in [-0.05, 0) is 77.5 Å². The van der Waals surface area contributed by atoms with Crippen LogP contribution in [0.5, 0.6) is 11.5 Å². The number of phenols is 2. The molecule has 2 heteroatoms. The molecule has 2 aliphatic rings. The van der Waals surface area contributed by atoms with Gasteiger partial charge in [0.05, 0.1) is 0 Å². The molecule has 0 amide bonds. The number of benzene rings is 2. The van der Waals surface area contributed by atoms with Crippen LogP contribution in [0.4, 0.5) is 0 Å². The Kier molecular flexibility index (Phi) is 3.56. The van der Waals surface area contributed by atoms with E-state index in [1.54, 1.807) is 0 Å². The maximum absolute atomic E-state index is 9.95. The molecule has 0 radical (unpaired) electrons. The second-order valence-corrected chi connectivity index (χ2v) is 7.27. The molecule has 2 aromatic carbocycles. The van der Waals surface area contributed by atoms with Crippen LogP contribution < -0.4 is 0 Å². The molecule has 23 heavy (non-hydrogen) atoms. The summed E-state index contributed by atoms with van der Waals surface area (Å²) in [6, 6.07) is 13.8. The van der Waals surface area contributed by atoms with Crippen LogP contribution in [0.2, 0.25) is 0 Å². The fraction of sp³-hybridized carbons (Fsp3) is 0.429. The number of phenolic OH excluding ortho intramolecular Hbond substituents is 2. The molecule has 2 N–H and O–H groups in total. The fourth-order valence-corrected chi connectivity index (χ4v) is 5.07. The number of rotatable bonds is 1. The van der Waals surface area contributed by atoms with Crippen molar-refractivity contribution in [3.8, 4) is 11.5 Å². The first kappa shape index (κ1) is 14.6. The van der Waals surface area contributed by atoms with Crippen LogP contribution in [-0.4, -0.2) is 10.2 Å². The lowest BCUT2D eigenvalue weighted by Gasteiger charge is -2.46. The Morgan fingerprint density at radius 1 is 0.826 bits per heavy atom. The van der Waals surface area contributed by atoms with Gasteiger partial charge in [-0.2, -0.15) is 0 Å². The minimum atomic E-state index is 0.336. The highest BCUT2D eigenvalue weighted by atomic mass is 16.3. The van der Waals surface area contributed by atoms with E-state index in [2.05, 4.69) is 25.1 Å². The average Bonchev–Trinajstić information content (AvgIpc) is 2.56. The Labute approximate surface area is 137 Å². The van der Waals surface area contributed by atoms with Gasteiger partial charge in [0, 0.05) is 0 Å². The maximum Gasteiger partial charge on any atom is 0.115 e. The molecule has 0 bridgehead atoms. The van der Waals surface area contributed by atoms with Gasteiger partial charge in [-0.15, -0.1) is 0 Å². The molecule has 0 aliphatic heterocycles. The van der Waals surface area contributed by atoms with Gasteiger partial charge in [0.25, 0.3) is 0 Å². The first-order valence-electron chi connectivity index (χ1n) is 8.77. The Morgan fingerprint density at radius 2 is 1.52 bits per heavy atom. The average molecular weight is 308 g/mol. The van der Waals surface area contributed by atoms with Crippen LogP contribution >= 0.6 is 0 Å². The lowest BCUT2D eigenvalue weighted by Crippen LogP contribution is -2.32. The third-order valence-electron chi connectivity index (χ3n) is 6.06. The van der Waals surface area contributed by atoms with Gasteiger partial charge in [-0.1, -0.05) is 38.0 Å². The molecule has 2 aliphatic carbocycles. The Balaban J connectivity index is 1.83. The lowest BCUT2D eigenvalue weighted by atomic mass is 9.58. The predicted molar refractivity (Wildman–Crippen MR) is 92.1 cm³/mol. The van der Waals surface area contributed by atoms with E-state index < -0.39 is 0 Å². The van der Waals surface area contributed by atoms with Crippen molar-refractivity contribution < 1.29 is 10.2 Å². The van der Waals surface area contributed by atoms with Crippen molar-refractivity contribution in [1.29, 1.82) is 0 Å². The summed E-state index contributed by atoms with van der Waals surface area (Å²) in [6.45, 7) is 2.32. The van der Waals surface area contributed by atoms with Crippen molar-refractivity contribution >= 4 is 0 Å². The molecule has 2 nitrogen and oxygen atoms in total. The normalized spacial score (nSPS) is 29.6. The summed E-state index contributed by atoms with van der Waals surface area (Å²) in [5, 5.41) is 19.6. The first-order valence-corrected chi connectivity index (χ1v) is 8.77. The smallest absolute Gasteiger partial charge is 0.115 e. The summed E-state index contributed by atoms with van der Waals surface area (Å²) in [5.41, 5.74) is 4.10. The van der Waals surface area contributed by atoms with E-state index in [1.165, 1.54) is 42.4 Å². The number of hydrogen-bond donors (Lipinski definition) is 2. The highest BCUT2D eigenvalue weighted by Gasteiger charge is 2.42. The summed E-state index contributed by atoms with van der Waals surface area (Å²) in [7, 11) is 0. The van der Waals surface area contributed by atoms with Crippen LogP contribution in [-0.2, 0) is 0 Å². The molecule has 0 unspecified atom stereocenters. The Morgan fingerprint density at radius 3 is 2.30 bits per heavy atom. The topological polar surface area (TPSA) is 40.5 Å². The minimum absolute atomic E-state index is 0.336. The molecule has 0 saturated heterocycles. The molecular weight excluding hydrogens is 284 g/mol. The van der Waals surface area contributed by atoms with Gasteiger partial charge in [-0.25, -0.2) is 0 Å². The first-order chi connectivity index (χ1) is 11.1. The van der Waals surface area contributed by atoms with E-state index in [9.17, 15) is 10.2 Å². The van der Waals surface area contributed by atoms with Gasteiger partial charge in [0.2, 0.25) is 0 Å². The summed E-state index contributed by atoms with van der Waals surface area (Å²) in [4.78, 5) is 0. The molecule has 1 fully saturated rings. The maximum atomic E-state index is 9.95. The van der Waals surface area contributed by atoms with Crippen molar-refractivity contribution in [2.24, 2.45) is 5.92 Å². The third kappa shape index (κ3) is 2.41. The number of aromatic hydroxyl groups is 2. The van der Waals surface area contributed by atoms with E-state index in [-0.39, 0.29) is 0 Å². The van der Waals surface area contributed by atoms with E-state index in [1.807, 2.05) is 24.3 Å². The van der Waals surface area contributed by atoms with E-state index in [0.29, 0.717) is 35.2 Å². The van der Waals surface area contributed by atoms with Crippen molar-refractivity contribution in [2.45, 2.75) is 50.4 Å². The molecule has 0 aromatic heterocycles. The SMILES string of the molecule is C[C@H]1c2ccc(O)cc2[C@@H]2CCCC[C@@H]2[C@@H]1c1ccc(O)cc1. The third-order valence-corrected chi connectivity index (χ3v) is 6.06. The monoisotopic (exact) mass is 308 g/mol. The zero-order valence-corrected chi connectivity index (χ0v) is 13.6. The molecular formula is C21H24O2. The van der Waals surface area contributed by atoms with Crippen molar-refractivity contribution in [2.75, 3.05) is 0 Å². The molecule has 1 saturated carbocycles. The number of fused-ring (bicyclic) bond motifs is 3. The van der Waals surface area contributed by atoms with E-state index in [4.69, 9.17) is 0 Å². The highest BCUT2D eigenvalue weighted by Crippen LogP contribution is 2.56. The van der Waals surface area contributed by atoms with E-state index in [0.717, 1.165) is 0 Å². The fourth-order valence-electron chi connectivity index (χ4n) is 5.07. The van der Waals surface area contributed by atoms with Gasteiger partial charge < -0.3 is 10.2 Å². The van der Waals surface area contributed by atoms with Crippen molar-refractivity contribution in [1.82, 2.24) is 0 Å². The summed E-state index contributed by atoms with van der Waals surface area (Å²) in [5.74, 6) is 2.86.